The molecule has 0 atom stereocenters. The highest BCUT2D eigenvalue weighted by Gasteiger charge is 2.41. The zero-order chi connectivity index (χ0) is 13.1. The summed E-state index contributed by atoms with van der Waals surface area (Å²) in [7, 11) is 0. The van der Waals surface area contributed by atoms with Crippen molar-refractivity contribution in [2.45, 2.75) is 43.6 Å². The molecule has 1 saturated carbocycles. The molecule has 1 N–H and O–H groups in total. The predicted molar refractivity (Wildman–Crippen MR) is 74.9 cm³/mol. The molecule has 1 aromatic carbocycles. The first kappa shape index (κ1) is 12.6. The molecular weight excluding hydrogens is 236 g/mol. The fourth-order valence-electron chi connectivity index (χ4n) is 3.45. The lowest BCUT2D eigenvalue weighted by Crippen LogP contribution is -2.34. The Bertz CT molecular complexity index is 495. The van der Waals surface area contributed by atoms with Gasteiger partial charge < -0.3 is 5.32 Å². The van der Waals surface area contributed by atoms with E-state index in [4.69, 9.17) is 0 Å². The Labute approximate surface area is 114 Å². The highest BCUT2D eigenvalue weighted by molar-refractivity contribution is 5.43. The molecule has 0 radical (unpaired) electrons. The molecule has 0 bridgehead atoms. The van der Waals surface area contributed by atoms with Gasteiger partial charge in [-0.1, -0.05) is 24.3 Å². The van der Waals surface area contributed by atoms with Gasteiger partial charge in [0.2, 0.25) is 6.08 Å². The van der Waals surface area contributed by atoms with Crippen LogP contribution in [0.3, 0.4) is 0 Å². The third-order valence-corrected chi connectivity index (χ3v) is 4.68. The number of isocyanates is 1. The smallest absolute Gasteiger partial charge is 0.235 e. The highest BCUT2D eigenvalue weighted by Crippen LogP contribution is 2.47. The summed E-state index contributed by atoms with van der Waals surface area (Å²) in [4.78, 5) is 14.9. The molecule has 0 unspecified atom stereocenters. The van der Waals surface area contributed by atoms with E-state index >= 15 is 0 Å². The molecule has 3 heteroatoms. The lowest BCUT2D eigenvalue weighted by atomic mass is 9.69. The van der Waals surface area contributed by atoms with Gasteiger partial charge in [-0.3, -0.25) is 0 Å². The number of carbonyl (C=O) groups excluding carboxylic acids is 1. The molecule has 3 rings (SSSR count). The molecule has 19 heavy (non-hydrogen) atoms. The lowest BCUT2D eigenvalue weighted by molar-refractivity contribution is 0.252. The summed E-state index contributed by atoms with van der Waals surface area (Å²) in [6.07, 6.45) is 7.30. The van der Waals surface area contributed by atoms with E-state index < -0.39 is 0 Å². The van der Waals surface area contributed by atoms with Gasteiger partial charge in [-0.25, -0.2) is 4.79 Å². The van der Waals surface area contributed by atoms with Crippen molar-refractivity contribution in [3.05, 3.63) is 35.4 Å². The molecule has 1 aliphatic heterocycles. The maximum Gasteiger partial charge on any atom is 0.235 e. The first-order valence-electron chi connectivity index (χ1n) is 7.25. The van der Waals surface area contributed by atoms with Crippen LogP contribution in [0.5, 0.6) is 0 Å². The zero-order valence-corrected chi connectivity index (χ0v) is 11.2. The zero-order valence-electron chi connectivity index (χ0n) is 11.2. The summed E-state index contributed by atoms with van der Waals surface area (Å²) >= 11 is 0. The maximum absolute atomic E-state index is 10.8. The van der Waals surface area contributed by atoms with E-state index in [1.807, 2.05) is 0 Å². The van der Waals surface area contributed by atoms with Crippen LogP contribution < -0.4 is 5.32 Å². The standard InChI is InChI=1S/C16H20N2O/c19-12-18-16(8-3-9-16)15-5-2-1-4-14(15)13-6-10-17-11-7-13/h1-2,4-5,13,17H,3,6-11H2. The predicted octanol–water partition coefficient (Wildman–Crippen LogP) is 2.87. The van der Waals surface area contributed by atoms with Gasteiger partial charge in [0.25, 0.3) is 0 Å². The molecule has 1 aromatic rings. The molecule has 2 fully saturated rings. The van der Waals surface area contributed by atoms with Crippen LogP contribution in [0, 0.1) is 0 Å². The first-order valence-corrected chi connectivity index (χ1v) is 7.25. The SMILES string of the molecule is O=C=NC1(c2ccccc2C2CCNCC2)CCC1. The Morgan fingerprint density at radius 1 is 1.21 bits per heavy atom. The molecular formula is C16H20N2O. The van der Waals surface area contributed by atoms with Crippen LogP contribution >= 0.6 is 0 Å². The minimum Gasteiger partial charge on any atom is -0.317 e. The number of hydrogen-bond acceptors (Lipinski definition) is 3. The van der Waals surface area contributed by atoms with Gasteiger partial charge in [0, 0.05) is 0 Å². The summed E-state index contributed by atoms with van der Waals surface area (Å²) < 4.78 is 0. The minimum atomic E-state index is -0.261. The van der Waals surface area contributed by atoms with Gasteiger partial charge >= 0.3 is 0 Å². The van der Waals surface area contributed by atoms with E-state index in [1.54, 1.807) is 6.08 Å². The lowest BCUT2D eigenvalue weighted by Gasteiger charge is -2.40. The number of nitrogens with one attached hydrogen (secondary N) is 1. The average molecular weight is 256 g/mol. The first-order chi connectivity index (χ1) is 9.36. The summed E-state index contributed by atoms with van der Waals surface area (Å²) in [5.41, 5.74) is 2.42. The number of aliphatic imine (C=N–C) groups is 1. The molecule has 1 heterocycles. The monoisotopic (exact) mass is 256 g/mol. The Balaban J connectivity index is 1.98. The second-order valence-corrected chi connectivity index (χ2v) is 5.70. The third kappa shape index (κ3) is 2.24. The Kier molecular flexibility index (Phi) is 3.50. The van der Waals surface area contributed by atoms with Gasteiger partial charge in [-0.15, -0.1) is 0 Å². The van der Waals surface area contributed by atoms with Crippen LogP contribution in [-0.4, -0.2) is 19.2 Å². The molecule has 0 aromatic heterocycles. The van der Waals surface area contributed by atoms with Crippen LogP contribution in [0.25, 0.3) is 0 Å². The summed E-state index contributed by atoms with van der Waals surface area (Å²) in [5.74, 6) is 0.608. The topological polar surface area (TPSA) is 41.5 Å². The fourth-order valence-corrected chi connectivity index (χ4v) is 3.45. The summed E-state index contributed by atoms with van der Waals surface area (Å²) in [6, 6.07) is 8.57. The molecule has 1 aliphatic carbocycles. The maximum atomic E-state index is 10.8. The quantitative estimate of drug-likeness (QED) is 0.667. The average Bonchev–Trinajstić information content (AvgIpc) is 2.44. The van der Waals surface area contributed by atoms with Gasteiger partial charge in [0.1, 0.15) is 0 Å². The number of piperidine rings is 1. The largest absolute Gasteiger partial charge is 0.317 e. The highest BCUT2D eigenvalue weighted by atomic mass is 16.1. The Morgan fingerprint density at radius 3 is 2.58 bits per heavy atom. The van der Waals surface area contributed by atoms with Crippen molar-refractivity contribution in [1.29, 1.82) is 0 Å². The van der Waals surface area contributed by atoms with Crippen molar-refractivity contribution in [2.24, 2.45) is 4.99 Å². The van der Waals surface area contributed by atoms with E-state index in [0.717, 1.165) is 32.4 Å². The molecule has 0 spiro atoms. The van der Waals surface area contributed by atoms with Gasteiger partial charge in [-0.2, -0.15) is 4.99 Å². The van der Waals surface area contributed by atoms with Crippen LogP contribution in [0.2, 0.25) is 0 Å². The normalized spacial score (nSPS) is 22.3. The van der Waals surface area contributed by atoms with Crippen LogP contribution in [-0.2, 0) is 10.3 Å². The van der Waals surface area contributed by atoms with Crippen molar-refractivity contribution in [2.75, 3.05) is 13.1 Å². The Morgan fingerprint density at radius 2 is 1.95 bits per heavy atom. The van der Waals surface area contributed by atoms with Crippen molar-refractivity contribution in [3.8, 4) is 0 Å². The molecule has 3 nitrogen and oxygen atoms in total. The fraction of sp³-hybridized carbons (Fsp3) is 0.562. The van der Waals surface area contributed by atoms with Crippen molar-refractivity contribution in [3.63, 3.8) is 0 Å². The van der Waals surface area contributed by atoms with Crippen molar-refractivity contribution in [1.82, 2.24) is 5.32 Å². The van der Waals surface area contributed by atoms with Crippen LogP contribution in [0.4, 0.5) is 0 Å². The number of benzene rings is 1. The molecule has 100 valence electrons. The van der Waals surface area contributed by atoms with Crippen LogP contribution in [0.15, 0.2) is 29.3 Å². The van der Waals surface area contributed by atoms with Gasteiger partial charge in [0.15, 0.2) is 0 Å². The second-order valence-electron chi connectivity index (χ2n) is 5.70. The van der Waals surface area contributed by atoms with E-state index in [0.29, 0.717) is 5.92 Å². The van der Waals surface area contributed by atoms with Crippen molar-refractivity contribution < 1.29 is 4.79 Å². The van der Waals surface area contributed by atoms with Crippen LogP contribution in [0.1, 0.15) is 49.1 Å². The van der Waals surface area contributed by atoms with E-state index in [2.05, 4.69) is 34.6 Å². The van der Waals surface area contributed by atoms with Gasteiger partial charge in [0.05, 0.1) is 5.54 Å². The minimum absolute atomic E-state index is 0.261. The molecule has 2 aliphatic rings. The molecule has 1 saturated heterocycles. The van der Waals surface area contributed by atoms with Crippen molar-refractivity contribution >= 4 is 6.08 Å². The number of nitrogens with zero attached hydrogens (tertiary/aromatic N) is 1. The van der Waals surface area contributed by atoms with E-state index in [-0.39, 0.29) is 5.54 Å². The van der Waals surface area contributed by atoms with E-state index in [1.165, 1.54) is 24.0 Å². The molecule has 0 amide bonds. The van der Waals surface area contributed by atoms with Gasteiger partial charge in [-0.05, 0) is 62.2 Å². The number of rotatable bonds is 3. The second kappa shape index (κ2) is 5.28. The summed E-state index contributed by atoms with van der Waals surface area (Å²) in [5, 5.41) is 3.41. The summed E-state index contributed by atoms with van der Waals surface area (Å²) in [6.45, 7) is 2.17. The number of hydrogen-bond donors (Lipinski definition) is 1. The Hall–Kier alpha value is -1.44. The third-order valence-electron chi connectivity index (χ3n) is 4.68. The van der Waals surface area contributed by atoms with E-state index in [9.17, 15) is 4.79 Å².